The van der Waals surface area contributed by atoms with E-state index in [2.05, 4.69) is 32.6 Å². The van der Waals surface area contributed by atoms with Crippen LogP contribution in [0.15, 0.2) is 0 Å². The van der Waals surface area contributed by atoms with E-state index in [1.807, 2.05) is 13.8 Å². The first-order valence-corrected chi connectivity index (χ1v) is 8.90. The number of halogens is 2. The molecule has 6 heteroatoms. The van der Waals surface area contributed by atoms with Crippen molar-refractivity contribution in [3.05, 3.63) is 0 Å². The zero-order valence-corrected chi connectivity index (χ0v) is 16.1. The third kappa shape index (κ3) is 5.88. The summed E-state index contributed by atoms with van der Waals surface area (Å²) in [7, 11) is 0. The molecule has 0 aromatic heterocycles. The van der Waals surface area contributed by atoms with Crippen LogP contribution in [0.1, 0.15) is 41.5 Å². The van der Waals surface area contributed by atoms with Crippen molar-refractivity contribution in [3.63, 3.8) is 0 Å². The lowest BCUT2D eigenvalue weighted by Crippen LogP contribution is -2.45. The van der Waals surface area contributed by atoms with Gasteiger partial charge in [0.25, 0.3) is 5.91 Å². The molecule has 1 atom stereocenters. The monoisotopic (exact) mass is 352 g/mol. The van der Waals surface area contributed by atoms with Crippen LogP contribution in [0, 0.1) is 11.8 Å². The third-order valence-corrected chi connectivity index (χ3v) is 4.03. The van der Waals surface area contributed by atoms with Gasteiger partial charge < -0.3 is 14.5 Å². The Kier molecular flexibility index (Phi) is 7.44. The van der Waals surface area contributed by atoms with Gasteiger partial charge >= 0.3 is 0 Å². The Bertz CT molecular complexity index is 363. The first kappa shape index (κ1) is 20.0. The maximum atomic E-state index is 12.1. The SMILES string of the molecule is CC(C)CN(CC(C)C)CC1CN(C(=O)C(Cl)Cl)C(C)(C)O1. The van der Waals surface area contributed by atoms with Gasteiger partial charge in [-0.25, -0.2) is 0 Å². The van der Waals surface area contributed by atoms with Gasteiger partial charge in [-0.1, -0.05) is 50.9 Å². The molecule has 0 aromatic rings. The van der Waals surface area contributed by atoms with Crippen LogP contribution in [0.25, 0.3) is 0 Å². The third-order valence-electron chi connectivity index (χ3n) is 3.65. The number of hydrogen-bond donors (Lipinski definition) is 0. The number of carbonyl (C=O) groups excluding carboxylic acids is 1. The predicted molar refractivity (Wildman–Crippen MR) is 92.3 cm³/mol. The standard InChI is InChI=1S/C16H30Cl2N2O2/c1-11(2)7-19(8-12(3)4)9-13-10-20(15(21)14(17)18)16(5,6)22-13/h11-14H,7-10H2,1-6H3. The molecule has 4 nitrogen and oxygen atoms in total. The summed E-state index contributed by atoms with van der Waals surface area (Å²) in [5.74, 6) is 0.914. The highest BCUT2D eigenvalue weighted by Crippen LogP contribution is 2.29. The molecule has 1 aliphatic rings. The van der Waals surface area contributed by atoms with E-state index in [4.69, 9.17) is 27.9 Å². The lowest BCUT2D eigenvalue weighted by atomic mass is 10.1. The lowest BCUT2D eigenvalue weighted by Gasteiger charge is -2.30. The van der Waals surface area contributed by atoms with Gasteiger partial charge in [-0.2, -0.15) is 0 Å². The van der Waals surface area contributed by atoms with E-state index in [0.29, 0.717) is 18.4 Å². The summed E-state index contributed by atoms with van der Waals surface area (Å²) in [5, 5.41) is 0. The number of carbonyl (C=O) groups is 1. The molecular weight excluding hydrogens is 323 g/mol. The topological polar surface area (TPSA) is 32.8 Å². The number of ether oxygens (including phenoxy) is 1. The molecule has 0 N–H and O–H groups in total. The molecule has 0 aliphatic carbocycles. The predicted octanol–water partition coefficient (Wildman–Crippen LogP) is 3.37. The summed E-state index contributed by atoms with van der Waals surface area (Å²) in [4.78, 5) is 15.1. The Hall–Kier alpha value is -0.0300. The fourth-order valence-electron chi connectivity index (χ4n) is 3.04. The summed E-state index contributed by atoms with van der Waals surface area (Å²) in [6.07, 6.45) is -0.0106. The Labute approximate surface area is 145 Å². The average molecular weight is 353 g/mol. The molecule has 0 aromatic carbocycles. The van der Waals surface area contributed by atoms with Crippen molar-refractivity contribution >= 4 is 29.1 Å². The van der Waals surface area contributed by atoms with E-state index in [9.17, 15) is 4.79 Å². The Morgan fingerprint density at radius 3 is 2.14 bits per heavy atom. The average Bonchev–Trinajstić information content (AvgIpc) is 2.60. The maximum absolute atomic E-state index is 12.1. The molecule has 0 spiro atoms. The van der Waals surface area contributed by atoms with E-state index in [0.717, 1.165) is 19.6 Å². The smallest absolute Gasteiger partial charge is 0.258 e. The molecule has 0 radical (unpaired) electrons. The molecule has 130 valence electrons. The Balaban J connectivity index is 2.71. The van der Waals surface area contributed by atoms with Crippen LogP contribution >= 0.6 is 23.2 Å². The van der Waals surface area contributed by atoms with E-state index in [1.165, 1.54) is 0 Å². The summed E-state index contributed by atoms with van der Waals surface area (Å²) < 4.78 is 6.07. The van der Waals surface area contributed by atoms with Crippen molar-refractivity contribution in [2.24, 2.45) is 11.8 Å². The van der Waals surface area contributed by atoms with Gasteiger partial charge in [-0.05, 0) is 25.7 Å². The van der Waals surface area contributed by atoms with Crippen LogP contribution in [0.4, 0.5) is 0 Å². The summed E-state index contributed by atoms with van der Waals surface area (Å²) in [6.45, 7) is 16.0. The highest BCUT2D eigenvalue weighted by Gasteiger charge is 2.43. The number of hydrogen-bond acceptors (Lipinski definition) is 3. The molecule has 22 heavy (non-hydrogen) atoms. The first-order chi connectivity index (χ1) is 10.0. The van der Waals surface area contributed by atoms with E-state index >= 15 is 0 Å². The molecule has 0 bridgehead atoms. The van der Waals surface area contributed by atoms with E-state index in [-0.39, 0.29) is 12.0 Å². The molecule has 0 saturated carbocycles. The van der Waals surface area contributed by atoms with Gasteiger partial charge in [0.15, 0.2) is 4.84 Å². The first-order valence-electron chi connectivity index (χ1n) is 8.02. The second-order valence-electron chi connectivity index (χ2n) is 7.44. The highest BCUT2D eigenvalue weighted by molar-refractivity contribution is 6.53. The molecular formula is C16H30Cl2N2O2. The fraction of sp³-hybridized carbons (Fsp3) is 0.938. The quantitative estimate of drug-likeness (QED) is 0.658. The molecule has 1 amide bonds. The minimum Gasteiger partial charge on any atom is -0.350 e. The zero-order valence-electron chi connectivity index (χ0n) is 14.6. The van der Waals surface area contributed by atoms with E-state index < -0.39 is 10.6 Å². The van der Waals surface area contributed by atoms with Crippen molar-refractivity contribution in [2.45, 2.75) is 58.2 Å². The van der Waals surface area contributed by atoms with Gasteiger partial charge in [0, 0.05) is 19.6 Å². The number of nitrogens with zero attached hydrogens (tertiary/aromatic N) is 2. The molecule has 1 rings (SSSR count). The fourth-order valence-corrected chi connectivity index (χ4v) is 3.28. The van der Waals surface area contributed by atoms with Crippen molar-refractivity contribution < 1.29 is 9.53 Å². The zero-order chi connectivity index (χ0) is 17.1. The van der Waals surface area contributed by atoms with E-state index in [1.54, 1.807) is 4.90 Å². The highest BCUT2D eigenvalue weighted by atomic mass is 35.5. The summed E-state index contributed by atoms with van der Waals surface area (Å²) in [6, 6.07) is 0. The minimum atomic E-state index is -1.04. The number of amides is 1. The van der Waals surface area contributed by atoms with Gasteiger partial charge in [0.1, 0.15) is 5.72 Å². The van der Waals surface area contributed by atoms with Crippen molar-refractivity contribution in [2.75, 3.05) is 26.2 Å². The largest absolute Gasteiger partial charge is 0.350 e. The number of rotatable bonds is 7. The Morgan fingerprint density at radius 2 is 1.73 bits per heavy atom. The van der Waals surface area contributed by atoms with Crippen LogP contribution in [0.2, 0.25) is 0 Å². The molecule has 1 heterocycles. The van der Waals surface area contributed by atoms with Crippen LogP contribution in [0.5, 0.6) is 0 Å². The molecule has 1 unspecified atom stereocenters. The Morgan fingerprint density at radius 1 is 1.23 bits per heavy atom. The summed E-state index contributed by atoms with van der Waals surface area (Å²) >= 11 is 11.5. The number of alkyl halides is 2. The normalized spacial score (nSPS) is 21.6. The van der Waals surface area contributed by atoms with Crippen LogP contribution in [0.3, 0.4) is 0 Å². The minimum absolute atomic E-state index is 0.0106. The molecule has 1 aliphatic heterocycles. The van der Waals surface area contributed by atoms with Gasteiger partial charge in [0.05, 0.1) is 12.6 Å². The van der Waals surface area contributed by atoms with Crippen molar-refractivity contribution in [3.8, 4) is 0 Å². The molecule has 1 fully saturated rings. The lowest BCUT2D eigenvalue weighted by molar-refractivity contribution is -0.144. The second-order valence-corrected chi connectivity index (χ2v) is 8.54. The maximum Gasteiger partial charge on any atom is 0.258 e. The van der Waals surface area contributed by atoms with Crippen molar-refractivity contribution in [1.29, 1.82) is 0 Å². The van der Waals surface area contributed by atoms with Crippen molar-refractivity contribution in [1.82, 2.24) is 9.80 Å². The van der Waals surface area contributed by atoms with Crippen LogP contribution in [-0.4, -0.2) is 58.6 Å². The van der Waals surface area contributed by atoms with Crippen LogP contribution in [-0.2, 0) is 9.53 Å². The second kappa shape index (κ2) is 8.18. The van der Waals surface area contributed by atoms with Crippen LogP contribution < -0.4 is 0 Å². The van der Waals surface area contributed by atoms with Gasteiger partial charge in [-0.3, -0.25) is 4.79 Å². The summed E-state index contributed by atoms with van der Waals surface area (Å²) in [5.41, 5.74) is -0.662. The molecule has 1 saturated heterocycles. The van der Waals surface area contributed by atoms with Gasteiger partial charge in [0.2, 0.25) is 0 Å². The van der Waals surface area contributed by atoms with Gasteiger partial charge in [-0.15, -0.1) is 0 Å².